The molecule has 1 aliphatic carbocycles. The molecule has 2 fully saturated rings. The van der Waals surface area contributed by atoms with Gasteiger partial charge in [-0.05, 0) is 53.4 Å². The highest BCUT2D eigenvalue weighted by Gasteiger charge is 2.32. The zero-order valence-electron chi connectivity index (χ0n) is 24.5. The third kappa shape index (κ3) is 5.40. The monoisotopic (exact) mass is 622 g/mol. The minimum absolute atomic E-state index is 0.180. The van der Waals surface area contributed by atoms with Crippen molar-refractivity contribution >= 4 is 17.0 Å². The van der Waals surface area contributed by atoms with Crippen molar-refractivity contribution in [2.24, 2.45) is 0 Å². The number of benzene rings is 2. The first-order chi connectivity index (χ1) is 22.5. The number of rotatable bonds is 8. The lowest BCUT2D eigenvalue weighted by atomic mass is 10.0. The normalized spacial score (nSPS) is 16.4. The number of hydrogen-bond acceptors (Lipinski definition) is 9. The largest absolute Gasteiger partial charge is 0.436 e. The number of aromatic nitrogens is 8. The maximum Gasteiger partial charge on any atom is 0.350 e. The molecule has 0 spiro atoms. The van der Waals surface area contributed by atoms with E-state index in [-0.39, 0.29) is 17.4 Å². The molecule has 6 aromatic rings. The van der Waals surface area contributed by atoms with Gasteiger partial charge in [0.25, 0.3) is 5.91 Å². The van der Waals surface area contributed by atoms with Gasteiger partial charge in [0, 0.05) is 49.7 Å². The van der Waals surface area contributed by atoms with Crippen LogP contribution in [0.15, 0.2) is 83.7 Å². The van der Waals surface area contributed by atoms with Crippen molar-refractivity contribution in [3.63, 3.8) is 0 Å². The van der Waals surface area contributed by atoms with E-state index in [1.165, 1.54) is 12.8 Å². The summed E-state index contributed by atoms with van der Waals surface area (Å²) in [5.74, 6) is 0.363. The lowest BCUT2D eigenvalue weighted by Crippen LogP contribution is -2.50. The first kappa shape index (κ1) is 28.1. The Labute approximate surface area is 261 Å². The summed E-state index contributed by atoms with van der Waals surface area (Å²) in [6.07, 6.45) is 7.86. The quantitative estimate of drug-likeness (QED) is 0.230. The van der Waals surface area contributed by atoms with Gasteiger partial charge in [-0.2, -0.15) is 13.9 Å². The molecule has 0 N–H and O–H groups in total. The van der Waals surface area contributed by atoms with E-state index >= 15 is 0 Å². The second-order valence-corrected chi connectivity index (χ2v) is 11.5. The Morgan fingerprint density at radius 1 is 0.935 bits per heavy atom. The second kappa shape index (κ2) is 11.5. The van der Waals surface area contributed by atoms with E-state index in [9.17, 15) is 13.6 Å². The van der Waals surface area contributed by atoms with Crippen molar-refractivity contribution in [1.82, 2.24) is 49.8 Å². The Bertz CT molecular complexity index is 2010. The fourth-order valence-corrected chi connectivity index (χ4v) is 5.87. The molecule has 1 amide bonds. The summed E-state index contributed by atoms with van der Waals surface area (Å²) in [6, 6.07) is 18.8. The van der Waals surface area contributed by atoms with Crippen LogP contribution in [0.3, 0.4) is 0 Å². The molecule has 0 radical (unpaired) electrons. The van der Waals surface area contributed by atoms with Crippen LogP contribution in [0, 0.1) is 0 Å². The number of pyridine rings is 1. The van der Waals surface area contributed by atoms with Gasteiger partial charge >= 0.3 is 6.55 Å². The molecule has 4 aromatic heterocycles. The standard InChI is InChI=1S/C32H28F2N10O2/c33-32(34)44-39-29(38-40-44)28(20-4-2-1-3-5-20)41-12-14-42(15-13-41)31(45)26-17-22(10-11-35-26)30-37-25-16-21(6-9-27(25)46-30)23-18-36-43(19-23)24-7-8-24/h1-6,9-11,16-19,24,28,32H,7-8,12-15H2. The van der Waals surface area contributed by atoms with E-state index in [0.29, 0.717) is 59.6 Å². The lowest BCUT2D eigenvalue weighted by Gasteiger charge is -2.38. The first-order valence-electron chi connectivity index (χ1n) is 15.1. The predicted molar refractivity (Wildman–Crippen MR) is 162 cm³/mol. The van der Waals surface area contributed by atoms with Gasteiger partial charge in [-0.15, -0.1) is 10.2 Å². The number of carbonyl (C=O) groups is 1. The van der Waals surface area contributed by atoms with Gasteiger partial charge in [0.15, 0.2) is 11.4 Å². The molecular weight excluding hydrogens is 594 g/mol. The molecule has 8 rings (SSSR count). The molecule has 1 saturated carbocycles. The van der Waals surface area contributed by atoms with E-state index in [4.69, 9.17) is 9.40 Å². The van der Waals surface area contributed by atoms with E-state index < -0.39 is 12.6 Å². The van der Waals surface area contributed by atoms with Gasteiger partial charge < -0.3 is 9.32 Å². The predicted octanol–water partition coefficient (Wildman–Crippen LogP) is 5.02. The van der Waals surface area contributed by atoms with Crippen LogP contribution in [0.25, 0.3) is 33.7 Å². The molecule has 1 aliphatic heterocycles. The number of tetrazole rings is 1. The zero-order valence-corrected chi connectivity index (χ0v) is 24.5. The molecule has 1 atom stereocenters. The van der Waals surface area contributed by atoms with Crippen molar-refractivity contribution in [2.75, 3.05) is 26.2 Å². The average Bonchev–Trinajstić information content (AvgIpc) is 3.45. The number of hydrogen-bond donors (Lipinski definition) is 0. The number of halogens is 2. The van der Waals surface area contributed by atoms with Crippen LogP contribution in [-0.2, 0) is 0 Å². The minimum atomic E-state index is -2.88. The summed E-state index contributed by atoms with van der Waals surface area (Å²) in [4.78, 5) is 26.7. The van der Waals surface area contributed by atoms with Gasteiger partial charge in [0.2, 0.25) is 5.89 Å². The van der Waals surface area contributed by atoms with Crippen molar-refractivity contribution in [3.05, 3.63) is 96.3 Å². The molecule has 5 heterocycles. The number of nitrogens with zero attached hydrogens (tertiary/aromatic N) is 10. The maximum absolute atomic E-state index is 13.6. The van der Waals surface area contributed by atoms with Gasteiger partial charge in [0.05, 0.1) is 18.3 Å². The molecule has 46 heavy (non-hydrogen) atoms. The number of oxazole rings is 1. The van der Waals surface area contributed by atoms with Crippen LogP contribution in [-0.4, -0.2) is 81.8 Å². The van der Waals surface area contributed by atoms with E-state index in [1.807, 2.05) is 59.4 Å². The first-order valence-corrected chi connectivity index (χ1v) is 15.1. The minimum Gasteiger partial charge on any atom is -0.436 e. The van der Waals surface area contributed by atoms with Gasteiger partial charge in [-0.25, -0.2) is 4.98 Å². The maximum atomic E-state index is 13.6. The summed E-state index contributed by atoms with van der Waals surface area (Å²) in [5.41, 5.74) is 5.17. The Kier molecular flexibility index (Phi) is 7.05. The topological polar surface area (TPSA) is 124 Å². The van der Waals surface area contributed by atoms with Crippen molar-refractivity contribution < 1.29 is 18.0 Å². The number of amides is 1. The highest BCUT2D eigenvalue weighted by atomic mass is 19.3. The lowest BCUT2D eigenvalue weighted by molar-refractivity contribution is 0.0385. The van der Waals surface area contributed by atoms with Gasteiger partial charge in [-0.3, -0.25) is 19.4 Å². The SMILES string of the molecule is O=C(c1cc(-c2nc3cc(-c4cnn(C5CC5)c4)ccc3o2)ccn1)N1CCN(C(c2ccccc2)c2nnn(C(F)F)n2)CC1. The molecule has 2 aliphatic rings. The molecule has 1 saturated heterocycles. The Morgan fingerprint density at radius 3 is 2.52 bits per heavy atom. The summed E-state index contributed by atoms with van der Waals surface area (Å²) in [7, 11) is 0. The molecule has 14 heteroatoms. The third-order valence-corrected chi connectivity index (χ3v) is 8.41. The van der Waals surface area contributed by atoms with Crippen LogP contribution in [0.2, 0.25) is 0 Å². The molecule has 1 unspecified atom stereocenters. The highest BCUT2D eigenvalue weighted by molar-refractivity contribution is 5.93. The van der Waals surface area contributed by atoms with Crippen molar-refractivity contribution in [3.8, 4) is 22.6 Å². The number of piperazine rings is 1. The van der Waals surface area contributed by atoms with Gasteiger partial charge in [0.1, 0.15) is 11.2 Å². The summed E-state index contributed by atoms with van der Waals surface area (Å²) < 4.78 is 34.5. The number of fused-ring (bicyclic) bond motifs is 1. The highest BCUT2D eigenvalue weighted by Crippen LogP contribution is 2.36. The zero-order chi connectivity index (χ0) is 31.2. The fraction of sp³-hybridized carbons (Fsp3) is 0.281. The van der Waals surface area contributed by atoms with Crippen LogP contribution in [0.4, 0.5) is 8.78 Å². The van der Waals surface area contributed by atoms with Crippen molar-refractivity contribution in [1.29, 1.82) is 0 Å². The summed E-state index contributed by atoms with van der Waals surface area (Å²) in [5, 5.41) is 15.9. The van der Waals surface area contributed by atoms with E-state index in [1.54, 1.807) is 23.2 Å². The second-order valence-electron chi connectivity index (χ2n) is 11.5. The summed E-state index contributed by atoms with van der Waals surface area (Å²) >= 11 is 0. The van der Waals surface area contributed by atoms with E-state index in [0.717, 1.165) is 16.7 Å². The number of carbonyl (C=O) groups excluding carboxylic acids is 1. The summed E-state index contributed by atoms with van der Waals surface area (Å²) in [6.45, 7) is -1.13. The van der Waals surface area contributed by atoms with Crippen LogP contribution >= 0.6 is 0 Å². The fourth-order valence-electron chi connectivity index (χ4n) is 5.87. The van der Waals surface area contributed by atoms with Gasteiger partial charge in [-0.1, -0.05) is 41.2 Å². The Hall–Kier alpha value is -5.37. The Balaban J connectivity index is 0.980. The molecule has 232 valence electrons. The molecular formula is C32H28F2N10O2. The smallest absolute Gasteiger partial charge is 0.350 e. The molecule has 0 bridgehead atoms. The van der Waals surface area contributed by atoms with Crippen LogP contribution in [0.1, 0.15) is 53.4 Å². The van der Waals surface area contributed by atoms with Crippen LogP contribution in [0.5, 0.6) is 0 Å². The molecule has 2 aromatic carbocycles. The average molecular weight is 623 g/mol. The molecule has 12 nitrogen and oxygen atoms in total. The van der Waals surface area contributed by atoms with Crippen molar-refractivity contribution in [2.45, 2.75) is 31.5 Å². The van der Waals surface area contributed by atoms with Crippen LogP contribution < -0.4 is 0 Å². The third-order valence-electron chi connectivity index (χ3n) is 8.41. The van der Waals surface area contributed by atoms with E-state index in [2.05, 4.69) is 36.6 Å². The Morgan fingerprint density at radius 2 is 1.76 bits per heavy atom. The number of alkyl halides is 2.